The van der Waals surface area contributed by atoms with E-state index in [1.165, 1.54) is 12.1 Å². The highest BCUT2D eigenvalue weighted by Crippen LogP contribution is 2.25. The quantitative estimate of drug-likeness (QED) is 0.424. The van der Waals surface area contributed by atoms with Crippen molar-refractivity contribution in [2.45, 2.75) is 24.0 Å². The number of nitrogens with zero attached hydrogens (tertiary/aromatic N) is 3. The molecular weight excluding hydrogens is 407 g/mol. The molecule has 0 aliphatic heterocycles. The molecule has 0 saturated heterocycles. The summed E-state index contributed by atoms with van der Waals surface area (Å²) in [5, 5.41) is 13.1. The van der Waals surface area contributed by atoms with Gasteiger partial charge in [0.05, 0.1) is 15.7 Å². The number of halogens is 1. The van der Waals surface area contributed by atoms with E-state index in [-0.39, 0.29) is 16.7 Å². The number of nitrogens with one attached hydrogen (secondary N) is 3. The maximum absolute atomic E-state index is 13.6. The number of fused-ring (bicyclic) bond motifs is 1. The Bertz CT molecular complexity index is 1320. The SMILES string of the molecule is CC(C)S(=O)(=O)c1cccc(Nc2nccc(Nc3n[nH]c4ccc(F)cc34)n2)c1. The Labute approximate surface area is 172 Å². The first-order valence-electron chi connectivity index (χ1n) is 9.17. The van der Waals surface area contributed by atoms with E-state index in [2.05, 4.69) is 30.8 Å². The van der Waals surface area contributed by atoms with Crippen molar-refractivity contribution in [1.82, 2.24) is 20.2 Å². The first-order valence-corrected chi connectivity index (χ1v) is 10.7. The second kappa shape index (κ2) is 7.71. The smallest absolute Gasteiger partial charge is 0.229 e. The van der Waals surface area contributed by atoms with Gasteiger partial charge in [-0.15, -0.1) is 0 Å². The fourth-order valence-electron chi connectivity index (χ4n) is 2.84. The molecule has 0 fully saturated rings. The molecule has 2 aromatic heterocycles. The van der Waals surface area contributed by atoms with Crippen molar-refractivity contribution in [3.8, 4) is 0 Å². The van der Waals surface area contributed by atoms with Crippen LogP contribution in [0.5, 0.6) is 0 Å². The zero-order chi connectivity index (χ0) is 21.3. The number of sulfone groups is 1. The predicted octanol–water partition coefficient (Wildman–Crippen LogP) is 4.16. The van der Waals surface area contributed by atoms with Gasteiger partial charge in [-0.3, -0.25) is 5.10 Å². The van der Waals surface area contributed by atoms with Crippen LogP contribution in [0.2, 0.25) is 0 Å². The molecule has 0 amide bonds. The van der Waals surface area contributed by atoms with E-state index in [4.69, 9.17) is 0 Å². The summed E-state index contributed by atoms with van der Waals surface area (Å²) in [6.45, 7) is 3.27. The topological polar surface area (TPSA) is 113 Å². The van der Waals surface area contributed by atoms with Crippen LogP contribution in [0.4, 0.5) is 27.7 Å². The second-order valence-corrected chi connectivity index (χ2v) is 9.40. The Hall–Kier alpha value is -3.53. The fraction of sp³-hybridized carbons (Fsp3) is 0.150. The Morgan fingerprint density at radius 3 is 2.70 bits per heavy atom. The summed E-state index contributed by atoms with van der Waals surface area (Å²) in [6.07, 6.45) is 1.54. The Morgan fingerprint density at radius 2 is 1.90 bits per heavy atom. The van der Waals surface area contributed by atoms with Crippen molar-refractivity contribution in [3.63, 3.8) is 0 Å². The van der Waals surface area contributed by atoms with Crippen LogP contribution in [0.25, 0.3) is 10.9 Å². The molecule has 10 heteroatoms. The molecule has 4 aromatic rings. The standard InChI is InChI=1S/C20H19FN6O2S/c1-12(2)30(28,29)15-5-3-4-14(11-15)23-20-22-9-8-18(25-20)24-19-16-10-13(21)6-7-17(16)26-27-19/h3-12H,1-2H3,(H3,22,23,24,25,26,27). The van der Waals surface area contributed by atoms with Crippen molar-refractivity contribution in [2.75, 3.05) is 10.6 Å². The van der Waals surface area contributed by atoms with Gasteiger partial charge in [0, 0.05) is 17.3 Å². The van der Waals surface area contributed by atoms with Crippen LogP contribution in [0.1, 0.15) is 13.8 Å². The molecule has 3 N–H and O–H groups in total. The minimum absolute atomic E-state index is 0.224. The fourth-order valence-corrected chi connectivity index (χ4v) is 3.95. The van der Waals surface area contributed by atoms with Crippen LogP contribution in [-0.2, 0) is 9.84 Å². The third-order valence-corrected chi connectivity index (χ3v) is 6.62. The zero-order valence-corrected chi connectivity index (χ0v) is 17.0. The summed E-state index contributed by atoms with van der Waals surface area (Å²) in [5.41, 5.74) is 1.23. The zero-order valence-electron chi connectivity index (χ0n) is 16.2. The highest BCUT2D eigenvalue weighted by Gasteiger charge is 2.19. The van der Waals surface area contributed by atoms with Gasteiger partial charge >= 0.3 is 0 Å². The molecule has 4 rings (SSSR count). The third-order valence-electron chi connectivity index (χ3n) is 4.47. The number of hydrogen-bond donors (Lipinski definition) is 3. The van der Waals surface area contributed by atoms with Gasteiger partial charge in [0.2, 0.25) is 5.95 Å². The average molecular weight is 426 g/mol. The molecule has 0 bridgehead atoms. The summed E-state index contributed by atoms with van der Waals surface area (Å²) in [7, 11) is -3.39. The molecular formula is C20H19FN6O2S. The summed E-state index contributed by atoms with van der Waals surface area (Å²) in [4.78, 5) is 8.76. The lowest BCUT2D eigenvalue weighted by atomic mass is 10.2. The Balaban J connectivity index is 1.58. The van der Waals surface area contributed by atoms with E-state index in [9.17, 15) is 12.8 Å². The number of anilines is 4. The molecule has 0 radical (unpaired) electrons. The number of aromatic amines is 1. The monoisotopic (exact) mass is 426 g/mol. The summed E-state index contributed by atoms with van der Waals surface area (Å²) < 4.78 is 38.3. The van der Waals surface area contributed by atoms with Gasteiger partial charge in [0.25, 0.3) is 0 Å². The van der Waals surface area contributed by atoms with Crippen LogP contribution in [0.15, 0.2) is 59.6 Å². The summed E-state index contributed by atoms with van der Waals surface area (Å²) in [6, 6.07) is 12.5. The van der Waals surface area contributed by atoms with E-state index in [1.54, 1.807) is 56.4 Å². The maximum atomic E-state index is 13.6. The highest BCUT2D eigenvalue weighted by atomic mass is 32.2. The van der Waals surface area contributed by atoms with E-state index in [1.807, 2.05) is 0 Å². The number of benzene rings is 2. The minimum Gasteiger partial charge on any atom is -0.324 e. The molecule has 0 spiro atoms. The van der Waals surface area contributed by atoms with E-state index < -0.39 is 15.1 Å². The number of rotatable bonds is 6. The summed E-state index contributed by atoms with van der Waals surface area (Å²) >= 11 is 0. The first kappa shape index (κ1) is 19.8. The van der Waals surface area contributed by atoms with Gasteiger partial charge in [-0.05, 0) is 56.3 Å². The van der Waals surface area contributed by atoms with Gasteiger partial charge in [-0.25, -0.2) is 17.8 Å². The van der Waals surface area contributed by atoms with Crippen molar-refractivity contribution < 1.29 is 12.8 Å². The van der Waals surface area contributed by atoms with Crippen molar-refractivity contribution >= 4 is 44.0 Å². The van der Waals surface area contributed by atoms with Crippen molar-refractivity contribution in [1.29, 1.82) is 0 Å². The van der Waals surface area contributed by atoms with Gasteiger partial charge < -0.3 is 10.6 Å². The number of H-pyrrole nitrogens is 1. The predicted molar refractivity (Wildman–Crippen MR) is 113 cm³/mol. The molecule has 2 aromatic carbocycles. The molecule has 8 nitrogen and oxygen atoms in total. The van der Waals surface area contributed by atoms with Crippen LogP contribution >= 0.6 is 0 Å². The second-order valence-electron chi connectivity index (χ2n) is 6.90. The van der Waals surface area contributed by atoms with Crippen LogP contribution < -0.4 is 10.6 Å². The molecule has 2 heterocycles. The molecule has 0 atom stereocenters. The lowest BCUT2D eigenvalue weighted by Crippen LogP contribution is -2.14. The normalized spacial score (nSPS) is 11.7. The number of hydrogen-bond acceptors (Lipinski definition) is 7. The lowest BCUT2D eigenvalue weighted by Gasteiger charge is -2.11. The van der Waals surface area contributed by atoms with Gasteiger partial charge in [0.15, 0.2) is 15.7 Å². The lowest BCUT2D eigenvalue weighted by molar-refractivity contribution is 0.587. The highest BCUT2D eigenvalue weighted by molar-refractivity contribution is 7.92. The van der Waals surface area contributed by atoms with Crippen molar-refractivity contribution in [2.24, 2.45) is 0 Å². The molecule has 30 heavy (non-hydrogen) atoms. The van der Waals surface area contributed by atoms with E-state index in [0.717, 1.165) is 0 Å². The van der Waals surface area contributed by atoms with Crippen LogP contribution in [0.3, 0.4) is 0 Å². The largest absolute Gasteiger partial charge is 0.324 e. The minimum atomic E-state index is -3.39. The number of aromatic nitrogens is 4. The van der Waals surface area contributed by atoms with E-state index >= 15 is 0 Å². The molecule has 0 aliphatic rings. The molecule has 154 valence electrons. The Kier molecular flexibility index (Phi) is 5.08. The Morgan fingerprint density at radius 1 is 1.07 bits per heavy atom. The van der Waals surface area contributed by atoms with Crippen LogP contribution in [0, 0.1) is 5.82 Å². The van der Waals surface area contributed by atoms with E-state index in [0.29, 0.717) is 28.2 Å². The van der Waals surface area contributed by atoms with Crippen LogP contribution in [-0.4, -0.2) is 33.8 Å². The summed E-state index contributed by atoms with van der Waals surface area (Å²) in [5.74, 6) is 0.772. The maximum Gasteiger partial charge on any atom is 0.229 e. The van der Waals surface area contributed by atoms with Gasteiger partial charge in [-0.1, -0.05) is 6.07 Å². The molecule has 0 unspecified atom stereocenters. The molecule has 0 saturated carbocycles. The van der Waals surface area contributed by atoms with Gasteiger partial charge in [0.1, 0.15) is 11.6 Å². The van der Waals surface area contributed by atoms with Gasteiger partial charge in [-0.2, -0.15) is 10.1 Å². The average Bonchev–Trinajstić information content (AvgIpc) is 3.10. The van der Waals surface area contributed by atoms with Crippen molar-refractivity contribution in [3.05, 3.63) is 60.5 Å². The molecule has 0 aliphatic carbocycles. The third kappa shape index (κ3) is 3.94. The first-order chi connectivity index (χ1) is 14.3.